The summed E-state index contributed by atoms with van der Waals surface area (Å²) in [6.45, 7) is 5.87. The molecule has 0 fully saturated rings. The Balaban J connectivity index is 1.66. The minimum atomic E-state index is -0.341. The first-order valence-corrected chi connectivity index (χ1v) is 12.5. The number of pyridine rings is 1. The summed E-state index contributed by atoms with van der Waals surface area (Å²) >= 11 is 0. The molecular weight excluding hydrogens is 474 g/mol. The normalized spacial score (nSPS) is 12.2. The monoisotopic (exact) mass is 503 g/mol. The van der Waals surface area contributed by atoms with Gasteiger partial charge in [-0.25, -0.2) is 9.97 Å². The molecule has 0 radical (unpaired) electrons. The Kier molecular flexibility index (Phi) is 6.95. The smallest absolute Gasteiger partial charge is 0.266 e. The second kappa shape index (κ2) is 10.6. The maximum absolute atomic E-state index is 13.9. The van der Waals surface area contributed by atoms with Crippen molar-refractivity contribution in [3.8, 4) is 5.69 Å². The van der Waals surface area contributed by atoms with Crippen molar-refractivity contribution in [2.24, 2.45) is 0 Å². The number of nitrogen functional groups attached to an aromatic ring is 1. The molecule has 2 aromatic carbocycles. The average Bonchev–Trinajstić information content (AvgIpc) is 2.92. The van der Waals surface area contributed by atoms with Crippen LogP contribution in [0, 0.1) is 13.8 Å². The number of nitrogens with two attached hydrogens (primary N) is 1. The van der Waals surface area contributed by atoms with Crippen LogP contribution >= 0.6 is 0 Å². The zero-order valence-electron chi connectivity index (χ0n) is 21.6. The molecule has 0 amide bonds. The molecule has 0 saturated carbocycles. The Hall–Kier alpha value is -4.85. The second-order valence-electron chi connectivity index (χ2n) is 9.07. The van der Waals surface area contributed by atoms with E-state index < -0.39 is 0 Å². The lowest BCUT2D eigenvalue weighted by atomic mass is 10.1. The van der Waals surface area contributed by atoms with Gasteiger partial charge in [-0.15, -0.1) is 0 Å². The van der Waals surface area contributed by atoms with Crippen molar-refractivity contribution in [1.82, 2.24) is 24.5 Å². The fourth-order valence-electron chi connectivity index (χ4n) is 4.55. The fraction of sp³-hybridized carbons (Fsp3) is 0.167. The highest BCUT2D eigenvalue weighted by atomic mass is 16.1. The van der Waals surface area contributed by atoms with Gasteiger partial charge in [-0.1, -0.05) is 49.4 Å². The zero-order valence-corrected chi connectivity index (χ0v) is 21.6. The van der Waals surface area contributed by atoms with Crippen molar-refractivity contribution in [3.63, 3.8) is 0 Å². The Labute approximate surface area is 221 Å². The van der Waals surface area contributed by atoms with Crippen LogP contribution in [0.4, 0.5) is 11.8 Å². The van der Waals surface area contributed by atoms with Gasteiger partial charge in [0.2, 0.25) is 5.95 Å². The summed E-state index contributed by atoms with van der Waals surface area (Å²) in [7, 11) is 0. The van der Waals surface area contributed by atoms with Gasteiger partial charge in [0.15, 0.2) is 0 Å². The molecule has 0 aliphatic heterocycles. The molecule has 1 unspecified atom stereocenters. The summed E-state index contributed by atoms with van der Waals surface area (Å²) in [5.74, 6) is 1.33. The van der Waals surface area contributed by atoms with Crippen molar-refractivity contribution in [2.75, 3.05) is 11.1 Å². The third kappa shape index (κ3) is 4.88. The SMILES string of the molecule is CCC(Nc1nc(N)nc(C)c1/C=C/c1cccnc1)c1nc2cccc(C)c2c(=O)n1-c1ccccc1. The van der Waals surface area contributed by atoms with E-state index in [2.05, 4.69) is 20.3 Å². The molecule has 38 heavy (non-hydrogen) atoms. The van der Waals surface area contributed by atoms with Gasteiger partial charge in [0.05, 0.1) is 28.3 Å². The molecule has 3 N–H and O–H groups in total. The van der Waals surface area contributed by atoms with Crippen LogP contribution < -0.4 is 16.6 Å². The third-order valence-electron chi connectivity index (χ3n) is 6.46. The van der Waals surface area contributed by atoms with Crippen LogP contribution in [0.2, 0.25) is 0 Å². The van der Waals surface area contributed by atoms with Crippen LogP contribution in [-0.4, -0.2) is 24.5 Å². The third-order valence-corrected chi connectivity index (χ3v) is 6.46. The quantitative estimate of drug-likeness (QED) is 0.301. The highest BCUT2D eigenvalue weighted by molar-refractivity contribution is 5.82. The van der Waals surface area contributed by atoms with Gasteiger partial charge in [0, 0.05) is 18.0 Å². The molecule has 3 aromatic heterocycles. The first kappa shape index (κ1) is 24.8. The van der Waals surface area contributed by atoms with E-state index in [0.717, 1.165) is 28.1 Å². The van der Waals surface area contributed by atoms with Crippen molar-refractivity contribution < 1.29 is 0 Å². The van der Waals surface area contributed by atoms with E-state index in [1.165, 1.54) is 0 Å². The predicted octanol–water partition coefficient (Wildman–Crippen LogP) is 5.50. The molecule has 0 aliphatic carbocycles. The standard InChI is InChI=1S/C30H29N7O/c1-4-24(34-27-23(20(3)33-30(31)36-27)16-15-21-11-9-17-32-18-21)28-35-25-14-8-10-19(2)26(25)29(38)37(28)22-12-6-5-7-13-22/h5-18,24H,4H2,1-3H3,(H3,31,33,34,36)/b16-15+. The summed E-state index contributed by atoms with van der Waals surface area (Å²) in [4.78, 5) is 32.0. The Morgan fingerprint density at radius 2 is 1.79 bits per heavy atom. The second-order valence-corrected chi connectivity index (χ2v) is 9.07. The number of rotatable bonds is 7. The van der Waals surface area contributed by atoms with Gasteiger partial charge >= 0.3 is 0 Å². The van der Waals surface area contributed by atoms with Crippen molar-refractivity contribution in [3.05, 3.63) is 112 Å². The van der Waals surface area contributed by atoms with Gasteiger partial charge in [-0.05, 0) is 61.7 Å². The predicted molar refractivity (Wildman–Crippen MR) is 153 cm³/mol. The molecule has 0 aliphatic rings. The van der Waals surface area contributed by atoms with E-state index in [1.54, 1.807) is 17.0 Å². The van der Waals surface area contributed by atoms with Crippen LogP contribution in [0.5, 0.6) is 0 Å². The number of anilines is 2. The van der Waals surface area contributed by atoms with Crippen LogP contribution in [-0.2, 0) is 0 Å². The zero-order chi connectivity index (χ0) is 26.6. The van der Waals surface area contributed by atoms with Crippen molar-refractivity contribution in [2.45, 2.75) is 33.2 Å². The number of benzene rings is 2. The van der Waals surface area contributed by atoms with Crippen molar-refractivity contribution in [1.29, 1.82) is 0 Å². The molecule has 1 atom stereocenters. The Morgan fingerprint density at radius 1 is 0.974 bits per heavy atom. The summed E-state index contributed by atoms with van der Waals surface area (Å²) in [5.41, 5.74) is 10.7. The van der Waals surface area contributed by atoms with Gasteiger partial charge in [0.1, 0.15) is 11.6 Å². The summed E-state index contributed by atoms with van der Waals surface area (Å²) < 4.78 is 1.69. The van der Waals surface area contributed by atoms with E-state index in [1.807, 2.05) is 93.6 Å². The molecule has 8 heteroatoms. The number of aromatic nitrogens is 5. The minimum Gasteiger partial charge on any atom is -0.368 e. The highest BCUT2D eigenvalue weighted by Crippen LogP contribution is 2.28. The van der Waals surface area contributed by atoms with E-state index in [-0.39, 0.29) is 17.5 Å². The number of para-hydroxylation sites is 1. The van der Waals surface area contributed by atoms with Crippen molar-refractivity contribution >= 4 is 34.8 Å². The number of nitrogens with one attached hydrogen (secondary N) is 1. The van der Waals surface area contributed by atoms with E-state index in [0.29, 0.717) is 29.0 Å². The van der Waals surface area contributed by atoms with Gasteiger partial charge in [-0.2, -0.15) is 4.98 Å². The van der Waals surface area contributed by atoms with E-state index in [9.17, 15) is 4.79 Å². The Morgan fingerprint density at radius 3 is 2.53 bits per heavy atom. The topological polar surface area (TPSA) is 112 Å². The average molecular weight is 504 g/mol. The van der Waals surface area contributed by atoms with Crippen LogP contribution in [0.25, 0.3) is 28.7 Å². The minimum absolute atomic E-state index is 0.107. The molecular formula is C30H29N7O. The molecule has 0 bridgehead atoms. The molecule has 0 saturated heterocycles. The van der Waals surface area contributed by atoms with Gasteiger partial charge in [-0.3, -0.25) is 14.3 Å². The maximum Gasteiger partial charge on any atom is 0.266 e. The number of fused-ring (bicyclic) bond motifs is 1. The summed E-state index contributed by atoms with van der Waals surface area (Å²) in [5, 5.41) is 4.14. The lowest BCUT2D eigenvalue weighted by Gasteiger charge is -2.23. The molecule has 5 aromatic rings. The van der Waals surface area contributed by atoms with Crippen LogP contribution in [0.15, 0.2) is 77.9 Å². The molecule has 8 nitrogen and oxygen atoms in total. The fourth-order valence-corrected chi connectivity index (χ4v) is 4.55. The van der Waals surface area contributed by atoms with E-state index >= 15 is 0 Å². The molecule has 3 heterocycles. The lowest BCUT2D eigenvalue weighted by molar-refractivity contribution is 0.658. The Bertz CT molecular complexity index is 1680. The van der Waals surface area contributed by atoms with E-state index in [4.69, 9.17) is 10.7 Å². The largest absolute Gasteiger partial charge is 0.368 e. The first-order chi connectivity index (χ1) is 18.5. The van der Waals surface area contributed by atoms with Gasteiger partial charge in [0.25, 0.3) is 5.56 Å². The first-order valence-electron chi connectivity index (χ1n) is 12.5. The number of nitrogens with zero attached hydrogens (tertiary/aromatic N) is 5. The summed E-state index contributed by atoms with van der Waals surface area (Å²) in [6.07, 6.45) is 8.06. The van der Waals surface area contributed by atoms with Gasteiger partial charge < -0.3 is 11.1 Å². The molecule has 5 rings (SSSR count). The van der Waals surface area contributed by atoms with Crippen LogP contribution in [0.3, 0.4) is 0 Å². The lowest BCUT2D eigenvalue weighted by Crippen LogP contribution is -2.29. The van der Waals surface area contributed by atoms with Crippen LogP contribution in [0.1, 0.15) is 47.6 Å². The summed E-state index contributed by atoms with van der Waals surface area (Å²) in [6, 6.07) is 18.8. The number of hydrogen-bond acceptors (Lipinski definition) is 7. The maximum atomic E-state index is 13.9. The molecule has 0 spiro atoms. The number of hydrogen-bond donors (Lipinski definition) is 2. The number of aryl methyl sites for hydroxylation is 2. The highest BCUT2D eigenvalue weighted by Gasteiger charge is 2.22. The molecule has 190 valence electrons.